The number of amides is 2. The van der Waals surface area contributed by atoms with E-state index in [-0.39, 0.29) is 18.4 Å². The lowest BCUT2D eigenvalue weighted by Gasteiger charge is -2.33. The molecule has 0 saturated carbocycles. The second kappa shape index (κ2) is 6.51. The molecule has 0 spiro atoms. The molecule has 7 heteroatoms. The molecule has 1 aliphatic rings. The smallest absolute Gasteiger partial charge is 0.311 e. The number of hydrogen-bond acceptors (Lipinski definition) is 4. The van der Waals surface area contributed by atoms with Gasteiger partial charge in [-0.2, -0.15) is 0 Å². The predicted octanol–water partition coefficient (Wildman–Crippen LogP) is -0.491. The van der Waals surface area contributed by atoms with E-state index in [1.165, 1.54) is 6.92 Å². The van der Waals surface area contributed by atoms with E-state index in [1.54, 1.807) is 6.92 Å². The lowest BCUT2D eigenvalue weighted by atomic mass is 9.80. The Morgan fingerprint density at radius 2 is 1.89 bits per heavy atom. The van der Waals surface area contributed by atoms with Crippen molar-refractivity contribution in [1.82, 2.24) is 10.6 Å². The van der Waals surface area contributed by atoms with Crippen LogP contribution in [0.1, 0.15) is 26.7 Å². The standard InChI is InChI=1S/C12H20N2O5/c1-8(14-9(2)15)10(16)13-7-12(11(17)18)3-5-19-6-4-12/h8H,3-7H2,1-2H3,(H,13,16)(H,14,15)(H,17,18). The minimum atomic E-state index is -0.968. The van der Waals surface area contributed by atoms with Crippen molar-refractivity contribution < 1.29 is 24.2 Å². The number of nitrogens with one attached hydrogen (secondary N) is 2. The number of aliphatic carboxylic acids is 1. The molecule has 0 bridgehead atoms. The lowest BCUT2D eigenvalue weighted by molar-refractivity contribution is -0.154. The molecule has 1 fully saturated rings. The van der Waals surface area contributed by atoms with Crippen LogP contribution in [0.3, 0.4) is 0 Å². The van der Waals surface area contributed by atoms with Gasteiger partial charge in [0.1, 0.15) is 6.04 Å². The first-order valence-electron chi connectivity index (χ1n) is 6.23. The molecule has 1 atom stereocenters. The average Bonchev–Trinajstić information content (AvgIpc) is 2.36. The third-order valence-corrected chi connectivity index (χ3v) is 3.32. The third-order valence-electron chi connectivity index (χ3n) is 3.32. The third kappa shape index (κ3) is 4.20. The van der Waals surface area contributed by atoms with E-state index in [2.05, 4.69) is 10.6 Å². The molecule has 0 aromatic rings. The molecule has 1 rings (SSSR count). The Labute approximate surface area is 111 Å². The molecule has 0 radical (unpaired) electrons. The Hall–Kier alpha value is -1.63. The van der Waals surface area contributed by atoms with Crippen LogP contribution in [0.25, 0.3) is 0 Å². The van der Waals surface area contributed by atoms with Crippen LogP contribution < -0.4 is 10.6 Å². The van der Waals surface area contributed by atoms with E-state index in [1.807, 2.05) is 0 Å². The molecule has 1 heterocycles. The number of rotatable bonds is 5. The number of carboxylic acid groups (broad SMARTS) is 1. The van der Waals surface area contributed by atoms with Gasteiger partial charge in [0.15, 0.2) is 0 Å². The minimum Gasteiger partial charge on any atom is -0.481 e. The van der Waals surface area contributed by atoms with Gasteiger partial charge in [-0.25, -0.2) is 0 Å². The molecule has 1 aliphatic heterocycles. The van der Waals surface area contributed by atoms with Gasteiger partial charge in [0.2, 0.25) is 11.8 Å². The number of carboxylic acids is 1. The highest BCUT2D eigenvalue weighted by atomic mass is 16.5. The van der Waals surface area contributed by atoms with E-state index in [9.17, 15) is 19.5 Å². The van der Waals surface area contributed by atoms with Gasteiger partial charge in [0.05, 0.1) is 5.41 Å². The summed E-state index contributed by atoms with van der Waals surface area (Å²) < 4.78 is 5.15. The first-order chi connectivity index (χ1) is 8.87. The van der Waals surface area contributed by atoms with E-state index >= 15 is 0 Å². The van der Waals surface area contributed by atoms with Crippen LogP contribution in [0, 0.1) is 5.41 Å². The lowest BCUT2D eigenvalue weighted by Crippen LogP contribution is -2.51. The monoisotopic (exact) mass is 272 g/mol. The SMILES string of the molecule is CC(=O)NC(C)C(=O)NCC1(C(=O)O)CCOCC1. The number of hydrogen-bond donors (Lipinski definition) is 3. The quantitative estimate of drug-likeness (QED) is 0.626. The average molecular weight is 272 g/mol. The van der Waals surface area contributed by atoms with Gasteiger partial charge >= 0.3 is 5.97 Å². The molecule has 19 heavy (non-hydrogen) atoms. The molecule has 1 unspecified atom stereocenters. The van der Waals surface area contributed by atoms with E-state index in [0.29, 0.717) is 26.1 Å². The van der Waals surface area contributed by atoms with Crippen molar-refractivity contribution in [2.75, 3.05) is 19.8 Å². The largest absolute Gasteiger partial charge is 0.481 e. The van der Waals surface area contributed by atoms with Crippen molar-refractivity contribution in [3.05, 3.63) is 0 Å². The van der Waals surface area contributed by atoms with Crippen LogP contribution in [0.4, 0.5) is 0 Å². The highest BCUT2D eigenvalue weighted by Crippen LogP contribution is 2.30. The molecule has 2 amide bonds. The maximum absolute atomic E-state index is 11.7. The highest BCUT2D eigenvalue weighted by Gasteiger charge is 2.40. The Morgan fingerprint density at radius 3 is 2.37 bits per heavy atom. The summed E-state index contributed by atoms with van der Waals surface area (Å²) in [6.45, 7) is 3.68. The summed E-state index contributed by atoms with van der Waals surface area (Å²) in [4.78, 5) is 33.9. The fraction of sp³-hybridized carbons (Fsp3) is 0.750. The summed E-state index contributed by atoms with van der Waals surface area (Å²) in [5.74, 6) is -1.62. The van der Waals surface area contributed by atoms with E-state index < -0.39 is 17.4 Å². The van der Waals surface area contributed by atoms with E-state index in [4.69, 9.17) is 4.74 Å². The first-order valence-corrected chi connectivity index (χ1v) is 6.23. The second-order valence-corrected chi connectivity index (χ2v) is 4.84. The Balaban J connectivity index is 2.54. The number of carbonyl (C=O) groups is 3. The van der Waals surface area contributed by atoms with E-state index in [0.717, 1.165) is 0 Å². The van der Waals surface area contributed by atoms with Gasteiger partial charge in [0, 0.05) is 26.7 Å². The van der Waals surface area contributed by atoms with Gasteiger partial charge in [-0.05, 0) is 19.8 Å². The minimum absolute atomic E-state index is 0.0501. The fourth-order valence-corrected chi connectivity index (χ4v) is 2.01. The summed E-state index contributed by atoms with van der Waals surface area (Å²) in [7, 11) is 0. The highest BCUT2D eigenvalue weighted by molar-refractivity contribution is 5.87. The van der Waals surface area contributed by atoms with Crippen molar-refractivity contribution in [2.45, 2.75) is 32.7 Å². The molecular weight excluding hydrogens is 252 g/mol. The summed E-state index contributed by atoms with van der Waals surface area (Å²) in [6.07, 6.45) is 0.744. The molecule has 108 valence electrons. The Bertz CT molecular complexity index is 363. The van der Waals surface area contributed by atoms with Crippen molar-refractivity contribution in [1.29, 1.82) is 0 Å². The summed E-state index contributed by atoms with van der Waals surface area (Å²) in [5, 5.41) is 14.3. The van der Waals surface area contributed by atoms with Crippen LogP contribution in [0.5, 0.6) is 0 Å². The Kier molecular flexibility index (Phi) is 5.29. The molecule has 0 aromatic carbocycles. The zero-order valence-corrected chi connectivity index (χ0v) is 11.2. The summed E-state index contributed by atoms with van der Waals surface area (Å²) in [6, 6.07) is -0.678. The summed E-state index contributed by atoms with van der Waals surface area (Å²) in [5.41, 5.74) is -0.968. The van der Waals surface area contributed by atoms with Gasteiger partial charge < -0.3 is 20.5 Å². The molecular formula is C12H20N2O5. The van der Waals surface area contributed by atoms with Crippen molar-refractivity contribution in [3.63, 3.8) is 0 Å². The number of carbonyl (C=O) groups excluding carboxylic acids is 2. The van der Waals surface area contributed by atoms with Crippen molar-refractivity contribution in [3.8, 4) is 0 Å². The van der Waals surface area contributed by atoms with Crippen LogP contribution in [-0.2, 0) is 19.1 Å². The fourth-order valence-electron chi connectivity index (χ4n) is 2.01. The zero-order valence-electron chi connectivity index (χ0n) is 11.2. The van der Waals surface area contributed by atoms with Crippen LogP contribution >= 0.6 is 0 Å². The topological polar surface area (TPSA) is 105 Å². The first kappa shape index (κ1) is 15.4. The van der Waals surface area contributed by atoms with Gasteiger partial charge in [-0.1, -0.05) is 0 Å². The predicted molar refractivity (Wildman–Crippen MR) is 66.4 cm³/mol. The number of ether oxygens (including phenoxy) is 1. The second-order valence-electron chi connectivity index (χ2n) is 4.84. The van der Waals surface area contributed by atoms with Gasteiger partial charge in [0.25, 0.3) is 0 Å². The maximum Gasteiger partial charge on any atom is 0.311 e. The molecule has 0 aromatic heterocycles. The zero-order chi connectivity index (χ0) is 14.5. The van der Waals surface area contributed by atoms with Crippen molar-refractivity contribution >= 4 is 17.8 Å². The van der Waals surface area contributed by atoms with Gasteiger partial charge in [-0.15, -0.1) is 0 Å². The molecule has 7 nitrogen and oxygen atoms in total. The summed E-state index contributed by atoms with van der Waals surface area (Å²) >= 11 is 0. The van der Waals surface area contributed by atoms with Crippen LogP contribution in [0.15, 0.2) is 0 Å². The normalized spacial score (nSPS) is 19.3. The molecule has 0 aliphatic carbocycles. The maximum atomic E-state index is 11.7. The van der Waals surface area contributed by atoms with Crippen LogP contribution in [-0.4, -0.2) is 48.7 Å². The van der Waals surface area contributed by atoms with Crippen LogP contribution in [0.2, 0.25) is 0 Å². The van der Waals surface area contributed by atoms with Gasteiger partial charge in [-0.3, -0.25) is 14.4 Å². The molecule has 3 N–H and O–H groups in total. The Morgan fingerprint density at radius 1 is 1.32 bits per heavy atom. The van der Waals surface area contributed by atoms with Crippen molar-refractivity contribution in [2.24, 2.45) is 5.41 Å². The molecule has 1 saturated heterocycles.